The Morgan fingerprint density at radius 2 is 2.16 bits per heavy atom. The lowest BCUT2D eigenvalue weighted by Crippen LogP contribution is -2.33. The lowest BCUT2D eigenvalue weighted by atomic mass is 10.3. The molecule has 11 heteroatoms. The van der Waals surface area contributed by atoms with Crippen LogP contribution in [0.15, 0.2) is 30.5 Å². The minimum absolute atomic E-state index is 0. The van der Waals surface area contributed by atoms with Gasteiger partial charge in [0.1, 0.15) is 0 Å². The molecule has 2 rings (SSSR count). The molecule has 10 nitrogen and oxygen atoms in total. The number of hydrogen-bond acceptors (Lipinski definition) is 7. The van der Waals surface area contributed by atoms with Crippen LogP contribution in [0, 0.1) is 10.1 Å². The largest absolute Gasteiger partial charge is 0.383 e. The van der Waals surface area contributed by atoms with Gasteiger partial charge in [0.05, 0.1) is 23.4 Å². The van der Waals surface area contributed by atoms with Gasteiger partial charge in [-0.1, -0.05) is 11.3 Å². The molecule has 0 atom stereocenters. The van der Waals surface area contributed by atoms with E-state index >= 15 is 0 Å². The van der Waals surface area contributed by atoms with Crippen molar-refractivity contribution in [2.24, 2.45) is 0 Å². The van der Waals surface area contributed by atoms with Crippen LogP contribution in [-0.4, -0.2) is 59.2 Å². The van der Waals surface area contributed by atoms with Crippen molar-refractivity contribution in [3.05, 3.63) is 46.3 Å². The predicted molar refractivity (Wildman–Crippen MR) is 92.3 cm³/mol. The van der Waals surface area contributed by atoms with Gasteiger partial charge in [-0.15, -0.1) is 17.5 Å². The molecule has 2 aromatic rings. The van der Waals surface area contributed by atoms with Crippen molar-refractivity contribution in [1.29, 1.82) is 0 Å². The number of aromatic nitrogens is 3. The van der Waals surface area contributed by atoms with E-state index in [1.54, 1.807) is 19.2 Å². The zero-order chi connectivity index (χ0) is 17.4. The van der Waals surface area contributed by atoms with E-state index in [0.29, 0.717) is 31.9 Å². The quantitative estimate of drug-likeness (QED) is 0.375. The average molecular weight is 371 g/mol. The molecule has 0 bridgehead atoms. The molecule has 0 aliphatic carbocycles. The molecule has 25 heavy (non-hydrogen) atoms. The number of carbonyl (C=O) groups excluding carboxylic acids is 1. The highest BCUT2D eigenvalue weighted by molar-refractivity contribution is 5.91. The van der Waals surface area contributed by atoms with Crippen LogP contribution in [0.1, 0.15) is 10.5 Å². The second-order valence-corrected chi connectivity index (χ2v) is 4.82. The second kappa shape index (κ2) is 10.3. The monoisotopic (exact) mass is 370 g/mol. The van der Waals surface area contributed by atoms with Gasteiger partial charge >= 0.3 is 0 Å². The fourth-order valence-corrected chi connectivity index (χ4v) is 1.90. The van der Waals surface area contributed by atoms with E-state index in [-0.39, 0.29) is 29.7 Å². The fourth-order valence-electron chi connectivity index (χ4n) is 1.90. The summed E-state index contributed by atoms with van der Waals surface area (Å²) in [5.74, 6) is -0.361. The van der Waals surface area contributed by atoms with Gasteiger partial charge in [-0.3, -0.25) is 14.9 Å². The number of nitrogens with one attached hydrogen (secondary N) is 2. The SMILES string of the molecule is COCCNCCNC(=O)c1cn(-c2cccc([N+](=O)[O-])c2)nn1.Cl. The molecule has 2 N–H and O–H groups in total. The first-order valence-corrected chi connectivity index (χ1v) is 7.27. The van der Waals surface area contributed by atoms with Crippen LogP contribution in [0.3, 0.4) is 0 Å². The van der Waals surface area contributed by atoms with Crippen molar-refractivity contribution in [2.45, 2.75) is 0 Å². The summed E-state index contributed by atoms with van der Waals surface area (Å²) in [6.07, 6.45) is 1.42. The molecular formula is C14H19ClN6O4. The van der Waals surface area contributed by atoms with E-state index < -0.39 is 4.92 Å². The smallest absolute Gasteiger partial charge is 0.273 e. The van der Waals surface area contributed by atoms with Gasteiger partial charge in [-0.25, -0.2) is 4.68 Å². The number of nitrogens with zero attached hydrogens (tertiary/aromatic N) is 4. The normalized spacial score (nSPS) is 10.1. The molecule has 0 aliphatic rings. The molecule has 0 spiro atoms. The van der Waals surface area contributed by atoms with Crippen molar-refractivity contribution in [1.82, 2.24) is 25.6 Å². The zero-order valence-corrected chi connectivity index (χ0v) is 14.4. The summed E-state index contributed by atoms with van der Waals surface area (Å²) in [4.78, 5) is 22.3. The molecule has 136 valence electrons. The molecule has 1 aromatic heterocycles. The van der Waals surface area contributed by atoms with Crippen molar-refractivity contribution in [3.63, 3.8) is 0 Å². The molecule has 0 fully saturated rings. The van der Waals surface area contributed by atoms with Gasteiger partial charge in [0.2, 0.25) is 0 Å². The van der Waals surface area contributed by atoms with E-state index in [0.717, 1.165) is 0 Å². The van der Waals surface area contributed by atoms with Crippen LogP contribution in [0.25, 0.3) is 5.69 Å². The maximum atomic E-state index is 12.0. The highest BCUT2D eigenvalue weighted by Crippen LogP contribution is 2.15. The Hall–Kier alpha value is -2.56. The predicted octanol–water partition coefficient (Wildman–Crippen LogP) is 0.563. The Morgan fingerprint density at radius 3 is 2.88 bits per heavy atom. The number of methoxy groups -OCH3 is 1. The number of carbonyl (C=O) groups is 1. The fraction of sp³-hybridized carbons (Fsp3) is 0.357. The summed E-state index contributed by atoms with van der Waals surface area (Å²) in [6, 6.07) is 5.92. The Bertz CT molecular complexity index is 708. The number of halogens is 1. The second-order valence-electron chi connectivity index (χ2n) is 4.82. The summed E-state index contributed by atoms with van der Waals surface area (Å²) < 4.78 is 6.21. The number of hydrogen-bond donors (Lipinski definition) is 2. The summed E-state index contributed by atoms with van der Waals surface area (Å²) in [5, 5.41) is 24.2. The Labute approximate surface area is 150 Å². The van der Waals surface area contributed by atoms with E-state index in [2.05, 4.69) is 20.9 Å². The van der Waals surface area contributed by atoms with E-state index in [9.17, 15) is 14.9 Å². The minimum atomic E-state index is -0.495. The Kier molecular flexibility index (Phi) is 8.47. The van der Waals surface area contributed by atoms with Crippen molar-refractivity contribution in [2.75, 3.05) is 33.4 Å². The van der Waals surface area contributed by atoms with Gasteiger partial charge in [-0.2, -0.15) is 0 Å². The molecule has 0 unspecified atom stereocenters. The lowest BCUT2D eigenvalue weighted by Gasteiger charge is -2.04. The maximum Gasteiger partial charge on any atom is 0.273 e. The summed E-state index contributed by atoms with van der Waals surface area (Å²) in [7, 11) is 1.62. The molecular weight excluding hydrogens is 352 g/mol. The van der Waals surface area contributed by atoms with Crippen LogP contribution >= 0.6 is 12.4 Å². The number of amides is 1. The van der Waals surface area contributed by atoms with Crippen molar-refractivity contribution >= 4 is 24.0 Å². The number of non-ortho nitro benzene ring substituents is 1. The highest BCUT2D eigenvalue weighted by atomic mass is 35.5. The van der Waals surface area contributed by atoms with Gasteiger partial charge in [-0.05, 0) is 6.07 Å². The maximum absolute atomic E-state index is 12.0. The van der Waals surface area contributed by atoms with Gasteiger partial charge in [0, 0.05) is 38.9 Å². The molecule has 0 radical (unpaired) electrons. The van der Waals surface area contributed by atoms with Gasteiger partial charge in [0.15, 0.2) is 5.69 Å². The van der Waals surface area contributed by atoms with Gasteiger partial charge < -0.3 is 15.4 Å². The van der Waals surface area contributed by atoms with Gasteiger partial charge in [0.25, 0.3) is 11.6 Å². The molecule has 0 saturated carbocycles. The Balaban J connectivity index is 0.00000312. The molecule has 0 saturated heterocycles. The molecule has 1 heterocycles. The lowest BCUT2D eigenvalue weighted by molar-refractivity contribution is -0.384. The topological polar surface area (TPSA) is 124 Å². The summed E-state index contributed by atoms with van der Waals surface area (Å²) >= 11 is 0. The minimum Gasteiger partial charge on any atom is -0.383 e. The molecule has 1 amide bonds. The first-order chi connectivity index (χ1) is 11.6. The van der Waals surface area contributed by atoms with Crippen LogP contribution in [0.5, 0.6) is 0 Å². The number of rotatable bonds is 9. The first kappa shape index (κ1) is 20.5. The van der Waals surface area contributed by atoms with E-state index in [4.69, 9.17) is 4.74 Å². The zero-order valence-electron chi connectivity index (χ0n) is 13.5. The number of nitro benzene ring substituents is 1. The summed E-state index contributed by atoms with van der Waals surface area (Å²) in [6.45, 7) is 2.35. The van der Waals surface area contributed by atoms with Crippen LogP contribution in [0.2, 0.25) is 0 Å². The standard InChI is InChI=1S/C14H18N6O4.ClH/c1-24-8-7-15-5-6-16-14(21)13-10-19(18-17-13)11-3-2-4-12(9-11)20(22)23;/h2-4,9-10,15H,5-8H2,1H3,(H,16,21);1H. The number of benzene rings is 1. The van der Waals surface area contributed by atoms with Crippen LogP contribution in [0.4, 0.5) is 5.69 Å². The van der Waals surface area contributed by atoms with Crippen LogP contribution < -0.4 is 10.6 Å². The molecule has 1 aromatic carbocycles. The highest BCUT2D eigenvalue weighted by Gasteiger charge is 2.12. The third-order valence-electron chi connectivity index (χ3n) is 3.10. The number of ether oxygens (including phenoxy) is 1. The summed E-state index contributed by atoms with van der Waals surface area (Å²) in [5.41, 5.74) is 0.534. The third kappa shape index (κ3) is 6.10. The van der Waals surface area contributed by atoms with Crippen LogP contribution in [-0.2, 0) is 4.74 Å². The van der Waals surface area contributed by atoms with Crippen molar-refractivity contribution in [3.8, 4) is 5.69 Å². The van der Waals surface area contributed by atoms with E-state index in [1.807, 2.05) is 0 Å². The average Bonchev–Trinajstić information content (AvgIpc) is 3.08. The molecule has 0 aliphatic heterocycles. The third-order valence-corrected chi connectivity index (χ3v) is 3.10. The first-order valence-electron chi connectivity index (χ1n) is 7.27. The van der Waals surface area contributed by atoms with E-state index in [1.165, 1.54) is 23.0 Å². The number of nitro groups is 1. The van der Waals surface area contributed by atoms with Crippen molar-refractivity contribution < 1.29 is 14.5 Å². The Morgan fingerprint density at radius 1 is 1.36 bits per heavy atom.